The van der Waals surface area contributed by atoms with Crippen molar-refractivity contribution in [3.05, 3.63) is 53.6 Å². The quantitative estimate of drug-likeness (QED) is 0.656. The Kier molecular flexibility index (Phi) is 5.83. The largest absolute Gasteiger partial charge is 0.378 e. The van der Waals surface area contributed by atoms with Crippen molar-refractivity contribution < 1.29 is 4.79 Å². The van der Waals surface area contributed by atoms with E-state index in [4.69, 9.17) is 0 Å². The number of amides is 1. The number of anilines is 2. The highest BCUT2D eigenvalue weighted by molar-refractivity contribution is 7.22. The van der Waals surface area contributed by atoms with Gasteiger partial charge in [-0.25, -0.2) is 4.98 Å². The number of likely N-dealkylation sites (tertiary alicyclic amines) is 1. The highest BCUT2D eigenvalue weighted by Gasteiger charge is 2.16. The van der Waals surface area contributed by atoms with Gasteiger partial charge in [0.1, 0.15) is 0 Å². The van der Waals surface area contributed by atoms with Crippen LogP contribution in [0.25, 0.3) is 10.2 Å². The van der Waals surface area contributed by atoms with E-state index in [9.17, 15) is 4.79 Å². The topological polar surface area (TPSA) is 48.5 Å². The fourth-order valence-electron chi connectivity index (χ4n) is 3.68. The van der Waals surface area contributed by atoms with Crippen LogP contribution in [0.4, 0.5) is 10.8 Å². The van der Waals surface area contributed by atoms with E-state index in [1.54, 1.807) is 0 Å². The molecule has 29 heavy (non-hydrogen) atoms. The summed E-state index contributed by atoms with van der Waals surface area (Å²) in [5, 5.41) is 3.59. The van der Waals surface area contributed by atoms with Crippen LogP contribution in [-0.4, -0.2) is 43.0 Å². The highest BCUT2D eigenvalue weighted by Crippen LogP contribution is 2.28. The minimum absolute atomic E-state index is 0.128. The second-order valence-corrected chi connectivity index (χ2v) is 9.21. The second kappa shape index (κ2) is 8.51. The maximum atomic E-state index is 12.6. The summed E-state index contributed by atoms with van der Waals surface area (Å²) in [7, 11) is 3.96. The average molecular weight is 409 g/mol. The molecule has 0 atom stereocenters. The summed E-state index contributed by atoms with van der Waals surface area (Å²) in [5.74, 6) is 0.720. The van der Waals surface area contributed by atoms with Crippen LogP contribution in [0.3, 0.4) is 0 Å². The van der Waals surface area contributed by atoms with E-state index >= 15 is 0 Å². The molecule has 1 N–H and O–H groups in total. The van der Waals surface area contributed by atoms with Crippen LogP contribution in [-0.2, 0) is 6.54 Å². The van der Waals surface area contributed by atoms with Gasteiger partial charge in [-0.2, -0.15) is 0 Å². The van der Waals surface area contributed by atoms with Gasteiger partial charge in [-0.1, -0.05) is 24.3 Å². The van der Waals surface area contributed by atoms with E-state index in [1.807, 2.05) is 43.3 Å². The number of fused-ring (bicyclic) bond motifs is 1. The zero-order valence-corrected chi connectivity index (χ0v) is 18.1. The first-order valence-electron chi connectivity index (χ1n) is 10.2. The van der Waals surface area contributed by atoms with Gasteiger partial charge < -0.3 is 4.90 Å². The third-order valence-electron chi connectivity index (χ3n) is 5.60. The molecule has 2 aromatic carbocycles. The minimum Gasteiger partial charge on any atom is -0.378 e. The monoisotopic (exact) mass is 408 g/mol. The van der Waals surface area contributed by atoms with Gasteiger partial charge in [-0.15, -0.1) is 0 Å². The first-order chi connectivity index (χ1) is 14.0. The summed E-state index contributed by atoms with van der Waals surface area (Å²) < 4.78 is 1.12. The number of thiazole rings is 1. The lowest BCUT2D eigenvalue weighted by Gasteiger charge is -2.30. The van der Waals surface area contributed by atoms with Crippen molar-refractivity contribution in [2.45, 2.75) is 26.3 Å². The fraction of sp³-hybridized carbons (Fsp3) is 0.391. The SMILES string of the molecule is CC1CCN(Cc2ccc3nc(NC(=O)c4ccc(N(C)C)cc4)sc3c2)CC1. The Balaban J connectivity index is 1.43. The smallest absolute Gasteiger partial charge is 0.257 e. The molecule has 1 fully saturated rings. The lowest BCUT2D eigenvalue weighted by molar-refractivity contribution is 0.102. The van der Waals surface area contributed by atoms with Crippen molar-refractivity contribution in [3.8, 4) is 0 Å². The molecule has 1 amide bonds. The zero-order valence-electron chi connectivity index (χ0n) is 17.3. The van der Waals surface area contributed by atoms with Crippen molar-refractivity contribution in [1.29, 1.82) is 0 Å². The summed E-state index contributed by atoms with van der Waals surface area (Å²) in [5.41, 5.74) is 3.95. The van der Waals surface area contributed by atoms with Crippen molar-refractivity contribution >= 4 is 38.3 Å². The molecule has 152 valence electrons. The Morgan fingerprint density at radius 3 is 2.59 bits per heavy atom. The molecule has 3 aromatic rings. The average Bonchev–Trinajstić information content (AvgIpc) is 3.11. The lowest BCUT2D eigenvalue weighted by atomic mass is 9.99. The standard InChI is InChI=1S/C23H28N4OS/c1-16-10-12-27(13-11-16)15-17-4-9-20-21(14-17)29-23(24-20)25-22(28)18-5-7-19(8-6-18)26(2)3/h4-9,14,16H,10-13,15H2,1-3H3,(H,24,25,28). The maximum Gasteiger partial charge on any atom is 0.257 e. The number of carbonyl (C=O) groups excluding carboxylic acids is 1. The van der Waals surface area contributed by atoms with Gasteiger partial charge in [0.15, 0.2) is 5.13 Å². The number of rotatable bonds is 5. The predicted molar refractivity (Wildman–Crippen MR) is 122 cm³/mol. The molecule has 0 saturated carbocycles. The molecule has 0 bridgehead atoms. The Morgan fingerprint density at radius 2 is 1.90 bits per heavy atom. The van der Waals surface area contributed by atoms with Crippen LogP contribution in [0.1, 0.15) is 35.7 Å². The molecule has 0 radical (unpaired) electrons. The van der Waals surface area contributed by atoms with Crippen LogP contribution in [0.15, 0.2) is 42.5 Å². The van der Waals surface area contributed by atoms with Gasteiger partial charge in [0.25, 0.3) is 5.91 Å². The number of nitrogens with one attached hydrogen (secondary N) is 1. The van der Waals surface area contributed by atoms with Crippen LogP contribution >= 0.6 is 11.3 Å². The van der Waals surface area contributed by atoms with E-state index in [0.29, 0.717) is 10.7 Å². The maximum absolute atomic E-state index is 12.6. The third kappa shape index (κ3) is 4.77. The fourth-order valence-corrected chi connectivity index (χ4v) is 4.60. The third-order valence-corrected chi connectivity index (χ3v) is 6.54. The summed E-state index contributed by atoms with van der Waals surface area (Å²) in [6.07, 6.45) is 2.57. The molecule has 1 aliphatic heterocycles. The summed E-state index contributed by atoms with van der Waals surface area (Å²) in [4.78, 5) is 21.7. The normalized spacial score (nSPS) is 15.6. The molecule has 5 nitrogen and oxygen atoms in total. The van der Waals surface area contributed by atoms with E-state index in [2.05, 4.69) is 40.3 Å². The first-order valence-corrected chi connectivity index (χ1v) is 11.0. The number of carbonyl (C=O) groups is 1. The molecule has 0 unspecified atom stereocenters. The van der Waals surface area contributed by atoms with Crippen molar-refractivity contribution in [1.82, 2.24) is 9.88 Å². The number of hydrogen-bond donors (Lipinski definition) is 1. The summed E-state index contributed by atoms with van der Waals surface area (Å²) in [6.45, 7) is 5.68. The van der Waals surface area contributed by atoms with Gasteiger partial charge in [-0.05, 0) is 73.8 Å². The van der Waals surface area contributed by atoms with Gasteiger partial charge in [0.05, 0.1) is 10.2 Å². The number of nitrogens with zero attached hydrogens (tertiary/aromatic N) is 3. The molecule has 0 spiro atoms. The van der Waals surface area contributed by atoms with Crippen LogP contribution in [0, 0.1) is 5.92 Å². The number of aromatic nitrogens is 1. The Hall–Kier alpha value is -2.44. The Morgan fingerprint density at radius 1 is 1.17 bits per heavy atom. The molecule has 2 heterocycles. The van der Waals surface area contributed by atoms with Crippen LogP contribution in [0.2, 0.25) is 0 Å². The summed E-state index contributed by atoms with van der Waals surface area (Å²) in [6, 6.07) is 14.0. The Labute approximate surface area is 176 Å². The van der Waals surface area contributed by atoms with Crippen molar-refractivity contribution in [3.63, 3.8) is 0 Å². The second-order valence-electron chi connectivity index (χ2n) is 8.18. The first kappa shape index (κ1) is 19.9. The zero-order chi connectivity index (χ0) is 20.4. The molecule has 4 rings (SSSR count). The number of hydrogen-bond acceptors (Lipinski definition) is 5. The molecule has 0 aliphatic carbocycles. The van der Waals surface area contributed by atoms with Crippen LogP contribution in [0.5, 0.6) is 0 Å². The van der Waals surface area contributed by atoms with Gasteiger partial charge in [0, 0.05) is 31.9 Å². The lowest BCUT2D eigenvalue weighted by Crippen LogP contribution is -2.32. The summed E-state index contributed by atoms with van der Waals surface area (Å²) >= 11 is 1.54. The van der Waals surface area contributed by atoms with Gasteiger partial charge >= 0.3 is 0 Å². The molecular formula is C23H28N4OS. The van der Waals surface area contributed by atoms with Crippen molar-refractivity contribution in [2.75, 3.05) is 37.4 Å². The van der Waals surface area contributed by atoms with E-state index in [0.717, 1.165) is 28.4 Å². The molecular weight excluding hydrogens is 380 g/mol. The molecule has 1 aromatic heterocycles. The van der Waals surface area contributed by atoms with Gasteiger partial charge in [-0.3, -0.25) is 15.0 Å². The number of benzene rings is 2. The molecule has 6 heteroatoms. The van der Waals surface area contributed by atoms with Gasteiger partial charge in [0.2, 0.25) is 0 Å². The van der Waals surface area contributed by atoms with E-state index < -0.39 is 0 Å². The number of piperidine rings is 1. The highest BCUT2D eigenvalue weighted by atomic mass is 32.1. The van der Waals surface area contributed by atoms with Crippen molar-refractivity contribution in [2.24, 2.45) is 5.92 Å². The Bertz CT molecular complexity index is 988. The molecule has 1 aliphatic rings. The minimum atomic E-state index is -0.128. The van der Waals surface area contributed by atoms with E-state index in [-0.39, 0.29) is 5.91 Å². The van der Waals surface area contributed by atoms with Crippen LogP contribution < -0.4 is 10.2 Å². The predicted octanol–water partition coefficient (Wildman–Crippen LogP) is 4.85. The van der Waals surface area contributed by atoms with E-state index in [1.165, 1.54) is 42.8 Å². The molecule has 1 saturated heterocycles.